The number of oxime groups is 1. The van der Waals surface area contributed by atoms with E-state index >= 15 is 0 Å². The average molecular weight is 424 g/mol. The first-order valence-electron chi connectivity index (χ1n) is 9.17. The van der Waals surface area contributed by atoms with Crippen LogP contribution in [0.3, 0.4) is 0 Å². The van der Waals surface area contributed by atoms with E-state index < -0.39 is 23.7 Å². The lowest BCUT2D eigenvalue weighted by Gasteiger charge is -2.25. The van der Waals surface area contributed by atoms with Gasteiger partial charge in [0.15, 0.2) is 6.10 Å². The van der Waals surface area contributed by atoms with Crippen LogP contribution in [0.25, 0.3) is 0 Å². The molecule has 1 aliphatic rings. The molecule has 30 heavy (non-hydrogen) atoms. The summed E-state index contributed by atoms with van der Waals surface area (Å²) in [5.41, 5.74) is 0.938. The smallest absolute Gasteiger partial charge is 0.390 e. The van der Waals surface area contributed by atoms with Crippen molar-refractivity contribution >= 4 is 11.6 Å². The second-order valence-corrected chi connectivity index (χ2v) is 6.88. The molecule has 9 heteroatoms. The number of hydrogen-bond acceptors (Lipinski definition) is 4. The van der Waals surface area contributed by atoms with Gasteiger partial charge in [-0.15, -0.1) is 0 Å². The number of halogens is 4. The van der Waals surface area contributed by atoms with E-state index in [-0.39, 0.29) is 25.6 Å². The minimum absolute atomic E-state index is 0.0927. The summed E-state index contributed by atoms with van der Waals surface area (Å²) >= 11 is 0. The Morgan fingerprint density at radius 2 is 1.97 bits per heavy atom. The first-order chi connectivity index (χ1) is 14.3. The van der Waals surface area contributed by atoms with Gasteiger partial charge in [0.25, 0.3) is 0 Å². The zero-order valence-corrected chi connectivity index (χ0v) is 16.2. The highest BCUT2D eigenvalue weighted by molar-refractivity contribution is 6.01. The van der Waals surface area contributed by atoms with Crippen molar-refractivity contribution in [1.29, 1.82) is 0 Å². The first-order valence-corrected chi connectivity index (χ1v) is 9.17. The van der Waals surface area contributed by atoms with Gasteiger partial charge in [-0.05, 0) is 29.8 Å². The molecule has 0 radical (unpaired) electrons. The molecule has 0 spiro atoms. The molecule has 0 aromatic heterocycles. The Balaban J connectivity index is 1.67. The first kappa shape index (κ1) is 21.8. The van der Waals surface area contributed by atoms with Gasteiger partial charge in [0, 0.05) is 25.6 Å². The van der Waals surface area contributed by atoms with Crippen molar-refractivity contribution in [1.82, 2.24) is 4.90 Å². The molecule has 0 bridgehead atoms. The number of ether oxygens (including phenoxy) is 1. The number of methoxy groups -OCH3 is 1. The summed E-state index contributed by atoms with van der Waals surface area (Å²) in [6.45, 7) is 0.0754. The van der Waals surface area contributed by atoms with Gasteiger partial charge in [-0.25, -0.2) is 4.39 Å². The van der Waals surface area contributed by atoms with E-state index in [9.17, 15) is 22.4 Å². The lowest BCUT2D eigenvalue weighted by molar-refractivity contribution is -0.138. The van der Waals surface area contributed by atoms with Crippen LogP contribution >= 0.6 is 0 Å². The largest absolute Gasteiger partial charge is 0.416 e. The zero-order valence-electron chi connectivity index (χ0n) is 16.2. The minimum atomic E-state index is -4.42. The highest BCUT2D eigenvalue weighted by Gasteiger charge is 2.30. The molecule has 0 aliphatic carbocycles. The molecule has 3 rings (SSSR count). The van der Waals surface area contributed by atoms with E-state index in [0.717, 1.165) is 12.1 Å². The second kappa shape index (κ2) is 9.25. The Labute approximate surface area is 170 Å². The molecule has 0 saturated carbocycles. The number of carbonyl (C=O) groups is 1. The van der Waals surface area contributed by atoms with Gasteiger partial charge in [-0.3, -0.25) is 4.79 Å². The number of benzene rings is 2. The van der Waals surface area contributed by atoms with Crippen molar-refractivity contribution < 1.29 is 31.9 Å². The molecule has 160 valence electrons. The molecule has 1 atom stereocenters. The number of carbonyl (C=O) groups excluding carboxylic acids is 1. The third kappa shape index (κ3) is 5.56. The van der Waals surface area contributed by atoms with Crippen LogP contribution in [0.2, 0.25) is 0 Å². The van der Waals surface area contributed by atoms with Crippen LogP contribution in [-0.4, -0.2) is 42.9 Å². The highest BCUT2D eigenvalue weighted by Crippen LogP contribution is 2.29. The van der Waals surface area contributed by atoms with Crippen LogP contribution in [0.1, 0.15) is 23.1 Å². The summed E-state index contributed by atoms with van der Waals surface area (Å²) in [6.07, 6.45) is -4.52. The van der Waals surface area contributed by atoms with Gasteiger partial charge in [0.2, 0.25) is 5.91 Å². The van der Waals surface area contributed by atoms with Crippen molar-refractivity contribution in [3.63, 3.8) is 0 Å². The molecule has 0 saturated heterocycles. The van der Waals surface area contributed by atoms with Crippen LogP contribution in [0.15, 0.2) is 53.7 Å². The summed E-state index contributed by atoms with van der Waals surface area (Å²) in [4.78, 5) is 19.3. The molecule has 2 aromatic carbocycles. The van der Waals surface area contributed by atoms with Crippen molar-refractivity contribution in [2.45, 2.75) is 25.2 Å². The summed E-state index contributed by atoms with van der Waals surface area (Å²) in [5.74, 6) is -0.724. The Bertz CT molecular complexity index is 913. The standard InChI is InChI=1S/C21H20F4N2O3/c1-29-13-20(28)27(11-14-5-7-16(8-6-14)21(23,24)25)12-18-10-19(26-30-18)15-3-2-4-17(22)9-15/h2-9,18H,10-13H2,1H3. The van der Waals surface area contributed by atoms with E-state index in [1.54, 1.807) is 12.1 Å². The van der Waals surface area contributed by atoms with Gasteiger partial charge in [-0.2, -0.15) is 13.2 Å². The quantitative estimate of drug-likeness (QED) is 0.631. The summed E-state index contributed by atoms with van der Waals surface area (Å²) < 4.78 is 56.6. The van der Waals surface area contributed by atoms with Crippen molar-refractivity contribution in [3.8, 4) is 0 Å². The van der Waals surface area contributed by atoms with Gasteiger partial charge in [-0.1, -0.05) is 29.4 Å². The van der Waals surface area contributed by atoms with Crippen LogP contribution in [0.4, 0.5) is 17.6 Å². The van der Waals surface area contributed by atoms with E-state index in [0.29, 0.717) is 23.3 Å². The number of rotatable bonds is 7. The third-order valence-electron chi connectivity index (χ3n) is 4.59. The lowest BCUT2D eigenvalue weighted by Crippen LogP contribution is -2.39. The SMILES string of the molecule is COCC(=O)N(Cc1ccc(C(F)(F)F)cc1)CC1CC(c2cccc(F)c2)=NO1. The molecule has 1 heterocycles. The monoisotopic (exact) mass is 424 g/mol. The maximum Gasteiger partial charge on any atom is 0.416 e. The fourth-order valence-corrected chi connectivity index (χ4v) is 3.10. The molecule has 0 N–H and O–H groups in total. The maximum atomic E-state index is 13.4. The van der Waals surface area contributed by atoms with Gasteiger partial charge in [0.05, 0.1) is 17.8 Å². The van der Waals surface area contributed by atoms with Crippen molar-refractivity contribution in [2.24, 2.45) is 5.16 Å². The van der Waals surface area contributed by atoms with Crippen molar-refractivity contribution in [2.75, 3.05) is 20.3 Å². The predicted octanol–water partition coefficient (Wildman–Crippen LogP) is 4.01. The highest BCUT2D eigenvalue weighted by atomic mass is 19.4. The number of nitrogens with zero attached hydrogens (tertiary/aromatic N) is 2. The molecule has 5 nitrogen and oxygen atoms in total. The Morgan fingerprint density at radius 3 is 2.60 bits per heavy atom. The third-order valence-corrected chi connectivity index (χ3v) is 4.59. The van der Waals surface area contributed by atoms with Gasteiger partial charge < -0.3 is 14.5 Å². The normalized spacial score (nSPS) is 16.2. The number of amides is 1. The van der Waals surface area contributed by atoms with Crippen molar-refractivity contribution in [3.05, 3.63) is 71.0 Å². The van der Waals surface area contributed by atoms with Crippen LogP contribution < -0.4 is 0 Å². The fourth-order valence-electron chi connectivity index (χ4n) is 3.10. The summed E-state index contributed by atoms with van der Waals surface area (Å²) in [6, 6.07) is 10.6. The zero-order chi connectivity index (χ0) is 21.7. The molecular formula is C21H20F4N2O3. The van der Waals surface area contributed by atoms with Gasteiger partial charge >= 0.3 is 6.18 Å². The Morgan fingerprint density at radius 1 is 1.23 bits per heavy atom. The molecule has 1 aliphatic heterocycles. The molecule has 0 fully saturated rings. The molecule has 1 unspecified atom stereocenters. The topological polar surface area (TPSA) is 51.1 Å². The van der Waals surface area contributed by atoms with Gasteiger partial charge in [0.1, 0.15) is 12.4 Å². The Hall–Kier alpha value is -2.94. The summed E-state index contributed by atoms with van der Waals surface area (Å²) in [7, 11) is 1.38. The summed E-state index contributed by atoms with van der Waals surface area (Å²) in [5, 5.41) is 3.99. The van der Waals surface area contributed by atoms with Crippen LogP contribution in [0, 0.1) is 5.82 Å². The molecule has 2 aromatic rings. The second-order valence-electron chi connectivity index (χ2n) is 6.88. The Kier molecular flexibility index (Phi) is 6.71. The minimum Gasteiger partial charge on any atom is -0.390 e. The van der Waals surface area contributed by atoms with E-state index in [2.05, 4.69) is 5.16 Å². The maximum absolute atomic E-state index is 13.4. The number of alkyl halides is 3. The predicted molar refractivity (Wildman–Crippen MR) is 101 cm³/mol. The average Bonchev–Trinajstić information content (AvgIpc) is 3.16. The molecule has 1 amide bonds. The van der Waals surface area contributed by atoms with Crippen LogP contribution in [-0.2, 0) is 27.1 Å². The number of hydrogen-bond donors (Lipinski definition) is 0. The van der Waals surface area contributed by atoms with E-state index in [1.807, 2.05) is 0 Å². The molecular weight excluding hydrogens is 404 g/mol. The van der Waals surface area contributed by atoms with E-state index in [4.69, 9.17) is 9.57 Å². The van der Waals surface area contributed by atoms with E-state index in [1.165, 1.54) is 36.3 Å². The fraction of sp³-hybridized carbons (Fsp3) is 0.333. The van der Waals surface area contributed by atoms with Crippen LogP contribution in [0.5, 0.6) is 0 Å². The lowest BCUT2D eigenvalue weighted by atomic mass is 10.0.